The summed E-state index contributed by atoms with van der Waals surface area (Å²) in [4.78, 5) is 22.0. The average Bonchev–Trinajstić information content (AvgIpc) is 3.10. The molecule has 3 rings (SSSR count). The molecule has 1 aromatic heterocycles. The number of aromatic nitrogens is 1. The second kappa shape index (κ2) is 10.8. The number of halogens is 2. The van der Waals surface area contributed by atoms with Crippen LogP contribution < -0.4 is 5.73 Å². The van der Waals surface area contributed by atoms with E-state index < -0.39 is 5.41 Å². The van der Waals surface area contributed by atoms with Gasteiger partial charge in [-0.05, 0) is 19.3 Å². The summed E-state index contributed by atoms with van der Waals surface area (Å²) in [5.74, 6) is 0.231. The predicted octanol–water partition coefficient (Wildman–Crippen LogP) is 1.95. The van der Waals surface area contributed by atoms with Crippen LogP contribution in [0.15, 0.2) is 5.38 Å². The highest BCUT2D eigenvalue weighted by molar-refractivity contribution is 7.09. The Bertz CT molecular complexity index is 559. The molecule has 0 unspecified atom stereocenters. The van der Waals surface area contributed by atoms with E-state index in [0.717, 1.165) is 57.7 Å². The summed E-state index contributed by atoms with van der Waals surface area (Å²) >= 11 is 1.74. The van der Waals surface area contributed by atoms with Crippen molar-refractivity contribution in [3.63, 3.8) is 0 Å². The number of nitrogens with two attached hydrogens (primary N) is 1. The monoisotopic (exact) mass is 424 g/mol. The SMILES string of the molecule is CCc1nc(CN2CCN(C(=O)C3(CN)CCOCC3)CC2)cs1.Cl.Cl. The molecule has 1 amide bonds. The number of aryl methyl sites for hydroxylation is 1. The van der Waals surface area contributed by atoms with Crippen LogP contribution in [0.4, 0.5) is 0 Å². The Morgan fingerprint density at radius 2 is 1.92 bits per heavy atom. The largest absolute Gasteiger partial charge is 0.381 e. The van der Waals surface area contributed by atoms with E-state index in [2.05, 4.69) is 22.2 Å². The molecular weight excluding hydrogens is 395 g/mol. The third-order valence-electron chi connectivity index (χ3n) is 5.24. The van der Waals surface area contributed by atoms with Crippen LogP contribution in [0.1, 0.15) is 30.5 Å². The second-order valence-corrected chi connectivity index (χ2v) is 7.69. The van der Waals surface area contributed by atoms with Gasteiger partial charge in [-0.15, -0.1) is 36.2 Å². The zero-order chi connectivity index (χ0) is 17.0. The van der Waals surface area contributed by atoms with Crippen LogP contribution in [0.5, 0.6) is 0 Å². The van der Waals surface area contributed by atoms with Gasteiger partial charge < -0.3 is 15.4 Å². The van der Waals surface area contributed by atoms with Crippen LogP contribution in [0.2, 0.25) is 0 Å². The standard InChI is InChI=1S/C17H28N4O2S.2ClH/c1-2-15-19-14(12-24-15)11-20-5-7-21(8-6-20)16(22)17(13-18)3-9-23-10-4-17;;/h12H,2-11,13,18H2,1H3;2*1H. The van der Waals surface area contributed by atoms with E-state index in [0.29, 0.717) is 19.8 Å². The molecular formula is C17H30Cl2N4O2S. The molecule has 9 heteroatoms. The first-order valence-electron chi connectivity index (χ1n) is 8.90. The Morgan fingerprint density at radius 3 is 2.46 bits per heavy atom. The minimum Gasteiger partial charge on any atom is -0.381 e. The first-order valence-corrected chi connectivity index (χ1v) is 9.77. The van der Waals surface area contributed by atoms with E-state index in [1.165, 1.54) is 5.01 Å². The molecule has 1 aromatic rings. The zero-order valence-electron chi connectivity index (χ0n) is 15.3. The summed E-state index contributed by atoms with van der Waals surface area (Å²) in [6, 6.07) is 0. The lowest BCUT2D eigenvalue weighted by Crippen LogP contribution is -2.56. The fraction of sp³-hybridized carbons (Fsp3) is 0.765. The van der Waals surface area contributed by atoms with Gasteiger partial charge in [-0.25, -0.2) is 4.98 Å². The fourth-order valence-electron chi connectivity index (χ4n) is 3.52. The van der Waals surface area contributed by atoms with Gasteiger partial charge in [-0.1, -0.05) is 6.92 Å². The third kappa shape index (κ3) is 5.30. The average molecular weight is 425 g/mol. The van der Waals surface area contributed by atoms with Gasteiger partial charge in [0.25, 0.3) is 0 Å². The molecule has 2 saturated heterocycles. The van der Waals surface area contributed by atoms with Crippen molar-refractivity contribution in [3.05, 3.63) is 16.1 Å². The lowest BCUT2D eigenvalue weighted by Gasteiger charge is -2.42. The summed E-state index contributed by atoms with van der Waals surface area (Å²) in [5.41, 5.74) is 6.73. The topological polar surface area (TPSA) is 71.7 Å². The number of hydrogen-bond acceptors (Lipinski definition) is 6. The van der Waals surface area contributed by atoms with Crippen LogP contribution in [0, 0.1) is 5.41 Å². The summed E-state index contributed by atoms with van der Waals surface area (Å²) in [6.45, 7) is 8.11. The molecule has 150 valence electrons. The number of amides is 1. The van der Waals surface area contributed by atoms with E-state index >= 15 is 0 Å². The number of rotatable bonds is 5. The quantitative estimate of drug-likeness (QED) is 0.781. The van der Waals surface area contributed by atoms with E-state index in [9.17, 15) is 4.79 Å². The first-order chi connectivity index (χ1) is 11.7. The maximum atomic E-state index is 13.0. The number of hydrogen-bond donors (Lipinski definition) is 1. The van der Waals surface area contributed by atoms with Gasteiger partial charge in [0, 0.05) is 57.9 Å². The van der Waals surface area contributed by atoms with Gasteiger partial charge in [0.05, 0.1) is 16.1 Å². The number of carbonyl (C=O) groups excluding carboxylic acids is 1. The maximum absolute atomic E-state index is 13.0. The Morgan fingerprint density at radius 1 is 1.27 bits per heavy atom. The van der Waals surface area contributed by atoms with Crippen molar-refractivity contribution in [1.29, 1.82) is 0 Å². The van der Waals surface area contributed by atoms with Gasteiger partial charge >= 0.3 is 0 Å². The van der Waals surface area contributed by atoms with Crippen molar-refractivity contribution in [2.24, 2.45) is 11.1 Å². The predicted molar refractivity (Wildman–Crippen MR) is 109 cm³/mol. The molecule has 0 atom stereocenters. The number of piperazine rings is 1. The highest BCUT2D eigenvalue weighted by Crippen LogP contribution is 2.32. The molecule has 0 spiro atoms. The molecule has 2 fully saturated rings. The van der Waals surface area contributed by atoms with E-state index in [-0.39, 0.29) is 30.7 Å². The normalized spacial score (nSPS) is 20.2. The molecule has 0 aromatic carbocycles. The van der Waals surface area contributed by atoms with Crippen LogP contribution in [-0.4, -0.2) is 66.6 Å². The third-order valence-corrected chi connectivity index (χ3v) is 6.28. The second-order valence-electron chi connectivity index (χ2n) is 6.75. The Kier molecular flexibility index (Phi) is 9.79. The minimum absolute atomic E-state index is 0. The van der Waals surface area contributed by atoms with Gasteiger partial charge in [0.2, 0.25) is 5.91 Å². The van der Waals surface area contributed by atoms with Crippen LogP contribution in [0.25, 0.3) is 0 Å². The van der Waals surface area contributed by atoms with Crippen molar-refractivity contribution >= 4 is 42.1 Å². The van der Waals surface area contributed by atoms with Crippen molar-refractivity contribution in [2.45, 2.75) is 32.7 Å². The Labute approximate surface area is 172 Å². The zero-order valence-corrected chi connectivity index (χ0v) is 17.8. The van der Waals surface area contributed by atoms with Gasteiger partial charge in [0.1, 0.15) is 0 Å². The fourth-order valence-corrected chi connectivity index (χ4v) is 4.26. The molecule has 0 radical (unpaired) electrons. The number of nitrogens with zero attached hydrogens (tertiary/aromatic N) is 3. The van der Waals surface area contributed by atoms with Gasteiger partial charge in [0.15, 0.2) is 0 Å². The summed E-state index contributed by atoms with van der Waals surface area (Å²) in [7, 11) is 0. The highest BCUT2D eigenvalue weighted by atomic mass is 35.5. The van der Waals surface area contributed by atoms with Gasteiger partial charge in [-0.3, -0.25) is 9.69 Å². The van der Waals surface area contributed by atoms with Crippen molar-refractivity contribution < 1.29 is 9.53 Å². The highest BCUT2D eigenvalue weighted by Gasteiger charge is 2.42. The van der Waals surface area contributed by atoms with Gasteiger partial charge in [-0.2, -0.15) is 0 Å². The molecule has 26 heavy (non-hydrogen) atoms. The lowest BCUT2D eigenvalue weighted by atomic mass is 9.78. The van der Waals surface area contributed by atoms with Crippen molar-refractivity contribution in [3.8, 4) is 0 Å². The maximum Gasteiger partial charge on any atom is 0.230 e. The number of thiazole rings is 1. The van der Waals surface area contributed by atoms with E-state index in [1.807, 2.05) is 4.90 Å². The van der Waals surface area contributed by atoms with Crippen molar-refractivity contribution in [1.82, 2.24) is 14.8 Å². The molecule has 2 aliphatic rings. The molecule has 0 aliphatic carbocycles. The number of ether oxygens (including phenoxy) is 1. The first kappa shape index (κ1) is 23.6. The smallest absolute Gasteiger partial charge is 0.230 e. The summed E-state index contributed by atoms with van der Waals surface area (Å²) in [5, 5.41) is 3.35. The molecule has 6 nitrogen and oxygen atoms in total. The summed E-state index contributed by atoms with van der Waals surface area (Å²) < 4.78 is 5.42. The molecule has 3 heterocycles. The summed E-state index contributed by atoms with van der Waals surface area (Å²) in [6.07, 6.45) is 2.50. The van der Waals surface area contributed by atoms with E-state index in [4.69, 9.17) is 10.5 Å². The number of carbonyl (C=O) groups is 1. The molecule has 0 bridgehead atoms. The lowest BCUT2D eigenvalue weighted by molar-refractivity contribution is -0.149. The van der Waals surface area contributed by atoms with Crippen LogP contribution in [-0.2, 0) is 22.5 Å². The van der Waals surface area contributed by atoms with E-state index in [1.54, 1.807) is 11.3 Å². The minimum atomic E-state index is -0.397. The van der Waals surface area contributed by atoms with Crippen LogP contribution in [0.3, 0.4) is 0 Å². The molecule has 2 aliphatic heterocycles. The Balaban J connectivity index is 0.00000169. The molecule has 2 N–H and O–H groups in total. The Hall–Kier alpha value is -0.440. The van der Waals surface area contributed by atoms with Crippen molar-refractivity contribution in [2.75, 3.05) is 45.9 Å². The molecule has 0 saturated carbocycles. The van der Waals surface area contributed by atoms with Crippen LogP contribution >= 0.6 is 36.2 Å².